The summed E-state index contributed by atoms with van der Waals surface area (Å²) < 4.78 is 0. The Bertz CT molecular complexity index is 437. The van der Waals surface area contributed by atoms with E-state index < -0.39 is 0 Å². The van der Waals surface area contributed by atoms with Crippen molar-refractivity contribution in [3.05, 3.63) is 41.4 Å². The maximum Gasteiger partial charge on any atom is 0.123 e. The van der Waals surface area contributed by atoms with Crippen LogP contribution in [0.25, 0.3) is 10.6 Å². The summed E-state index contributed by atoms with van der Waals surface area (Å²) in [4.78, 5) is 5.78. The van der Waals surface area contributed by atoms with Crippen molar-refractivity contribution >= 4 is 11.3 Å². The fourth-order valence-electron chi connectivity index (χ4n) is 1.28. The molecule has 0 aliphatic heterocycles. The number of aromatic nitrogens is 1. The molecular formula is C13H14NS. The maximum absolute atomic E-state index is 4.46. The molecule has 0 N–H and O–H groups in total. The first-order valence-electron chi connectivity index (χ1n) is 5.00. The van der Waals surface area contributed by atoms with Gasteiger partial charge in [0.1, 0.15) is 5.01 Å². The van der Waals surface area contributed by atoms with Crippen LogP contribution in [0.15, 0.2) is 30.5 Å². The Hall–Kier alpha value is -1.15. The molecule has 1 nitrogen and oxygen atoms in total. The Labute approximate surface area is 94.8 Å². The minimum atomic E-state index is 0.191. The summed E-state index contributed by atoms with van der Waals surface area (Å²) in [5.74, 6) is 0. The molecule has 2 heteroatoms. The first-order chi connectivity index (χ1) is 7.07. The second-order valence-corrected chi connectivity index (χ2v) is 5.60. The van der Waals surface area contributed by atoms with Gasteiger partial charge in [-0.1, -0.05) is 45.0 Å². The average Bonchev–Trinajstić information content (AvgIpc) is 2.67. The van der Waals surface area contributed by atoms with Gasteiger partial charge in [-0.3, -0.25) is 0 Å². The van der Waals surface area contributed by atoms with Crippen molar-refractivity contribution in [1.82, 2.24) is 4.98 Å². The SMILES string of the molecule is CC(C)(C)c1cnc(-c2cc[c]cc2)s1. The van der Waals surface area contributed by atoms with Crippen LogP contribution in [0.4, 0.5) is 0 Å². The van der Waals surface area contributed by atoms with Gasteiger partial charge < -0.3 is 0 Å². The third kappa shape index (κ3) is 2.26. The Morgan fingerprint density at radius 1 is 1.20 bits per heavy atom. The normalized spacial score (nSPS) is 11.7. The smallest absolute Gasteiger partial charge is 0.123 e. The lowest BCUT2D eigenvalue weighted by molar-refractivity contribution is 0.602. The summed E-state index contributed by atoms with van der Waals surface area (Å²) >= 11 is 1.77. The van der Waals surface area contributed by atoms with E-state index in [0.29, 0.717) is 0 Å². The van der Waals surface area contributed by atoms with Crippen molar-refractivity contribution in [2.75, 3.05) is 0 Å². The summed E-state index contributed by atoms with van der Waals surface area (Å²) in [6, 6.07) is 11.0. The Morgan fingerprint density at radius 3 is 2.40 bits per heavy atom. The monoisotopic (exact) mass is 216 g/mol. The van der Waals surface area contributed by atoms with Crippen LogP contribution in [-0.4, -0.2) is 4.98 Å². The van der Waals surface area contributed by atoms with Crippen molar-refractivity contribution in [3.8, 4) is 10.6 Å². The molecular weight excluding hydrogens is 202 g/mol. The number of hydrogen-bond acceptors (Lipinski definition) is 2. The van der Waals surface area contributed by atoms with Crippen LogP contribution in [0.2, 0.25) is 0 Å². The van der Waals surface area contributed by atoms with Crippen LogP contribution in [0.1, 0.15) is 25.6 Å². The Kier molecular flexibility index (Phi) is 2.61. The molecule has 0 saturated heterocycles. The van der Waals surface area contributed by atoms with E-state index >= 15 is 0 Å². The highest BCUT2D eigenvalue weighted by Gasteiger charge is 2.17. The Balaban J connectivity index is 2.37. The molecule has 0 atom stereocenters. The van der Waals surface area contributed by atoms with Gasteiger partial charge in [-0.25, -0.2) is 4.98 Å². The minimum absolute atomic E-state index is 0.191. The van der Waals surface area contributed by atoms with Gasteiger partial charge in [0, 0.05) is 16.6 Å². The van der Waals surface area contributed by atoms with Gasteiger partial charge in [-0.05, 0) is 11.5 Å². The van der Waals surface area contributed by atoms with Crippen LogP contribution in [-0.2, 0) is 5.41 Å². The summed E-state index contributed by atoms with van der Waals surface area (Å²) in [5, 5.41) is 1.09. The van der Waals surface area contributed by atoms with Crippen LogP contribution >= 0.6 is 11.3 Å². The lowest BCUT2D eigenvalue weighted by Gasteiger charge is -2.14. The van der Waals surface area contributed by atoms with Crippen molar-refractivity contribution in [2.45, 2.75) is 26.2 Å². The number of nitrogens with zero attached hydrogens (tertiary/aromatic N) is 1. The fourth-order valence-corrected chi connectivity index (χ4v) is 2.26. The molecule has 1 radical (unpaired) electrons. The van der Waals surface area contributed by atoms with Gasteiger partial charge in [-0.15, -0.1) is 11.3 Å². The molecule has 0 aliphatic carbocycles. The minimum Gasteiger partial charge on any atom is -0.244 e. The third-order valence-corrected chi connectivity index (χ3v) is 3.68. The van der Waals surface area contributed by atoms with Gasteiger partial charge in [0.05, 0.1) is 0 Å². The number of benzene rings is 1. The summed E-state index contributed by atoms with van der Waals surface area (Å²) in [7, 11) is 0. The zero-order valence-electron chi connectivity index (χ0n) is 9.24. The van der Waals surface area contributed by atoms with E-state index in [1.807, 2.05) is 30.5 Å². The van der Waals surface area contributed by atoms with E-state index in [1.54, 1.807) is 11.3 Å². The van der Waals surface area contributed by atoms with Crippen molar-refractivity contribution in [1.29, 1.82) is 0 Å². The molecule has 77 valence electrons. The quantitative estimate of drug-likeness (QED) is 0.704. The van der Waals surface area contributed by atoms with Gasteiger partial charge in [-0.2, -0.15) is 0 Å². The molecule has 0 saturated carbocycles. The highest BCUT2D eigenvalue weighted by atomic mass is 32.1. The zero-order valence-corrected chi connectivity index (χ0v) is 10.1. The second-order valence-electron chi connectivity index (χ2n) is 4.57. The highest BCUT2D eigenvalue weighted by molar-refractivity contribution is 7.15. The predicted octanol–water partition coefficient (Wildman–Crippen LogP) is 3.91. The lowest BCUT2D eigenvalue weighted by Crippen LogP contribution is -2.07. The third-order valence-electron chi connectivity index (χ3n) is 2.21. The molecule has 0 bridgehead atoms. The Morgan fingerprint density at radius 2 is 1.87 bits per heavy atom. The van der Waals surface area contributed by atoms with E-state index in [9.17, 15) is 0 Å². The molecule has 1 aromatic heterocycles. The molecule has 0 amide bonds. The molecule has 0 spiro atoms. The molecule has 0 unspecified atom stereocenters. The van der Waals surface area contributed by atoms with Gasteiger partial charge in [0.2, 0.25) is 0 Å². The average molecular weight is 216 g/mol. The van der Waals surface area contributed by atoms with E-state index in [1.165, 1.54) is 10.4 Å². The number of rotatable bonds is 1. The summed E-state index contributed by atoms with van der Waals surface area (Å²) in [6.45, 7) is 6.63. The molecule has 1 heterocycles. The summed E-state index contributed by atoms with van der Waals surface area (Å²) in [6.07, 6.45) is 1.98. The summed E-state index contributed by atoms with van der Waals surface area (Å²) in [5.41, 5.74) is 1.37. The first kappa shape index (κ1) is 10.4. The zero-order chi connectivity index (χ0) is 10.9. The predicted molar refractivity (Wildman–Crippen MR) is 65.1 cm³/mol. The van der Waals surface area contributed by atoms with Crippen LogP contribution in [0, 0.1) is 6.07 Å². The van der Waals surface area contributed by atoms with Gasteiger partial charge in [0.25, 0.3) is 0 Å². The molecule has 2 rings (SSSR count). The number of hydrogen-bond donors (Lipinski definition) is 0. The van der Waals surface area contributed by atoms with Crippen molar-refractivity contribution in [2.24, 2.45) is 0 Å². The number of thiazole rings is 1. The van der Waals surface area contributed by atoms with Crippen LogP contribution in [0.3, 0.4) is 0 Å². The standard InChI is InChI=1S/C13H14NS/c1-13(2,3)11-9-14-12(15-11)10-7-5-4-6-8-10/h5-9H,1-3H3. The molecule has 1 aromatic carbocycles. The van der Waals surface area contributed by atoms with Crippen molar-refractivity contribution < 1.29 is 0 Å². The molecule has 15 heavy (non-hydrogen) atoms. The topological polar surface area (TPSA) is 12.9 Å². The maximum atomic E-state index is 4.46. The van der Waals surface area contributed by atoms with Crippen molar-refractivity contribution in [3.63, 3.8) is 0 Å². The van der Waals surface area contributed by atoms with E-state index in [-0.39, 0.29) is 5.41 Å². The lowest BCUT2D eigenvalue weighted by atomic mass is 9.96. The van der Waals surface area contributed by atoms with E-state index in [2.05, 4.69) is 31.8 Å². The van der Waals surface area contributed by atoms with Crippen LogP contribution in [0.5, 0.6) is 0 Å². The van der Waals surface area contributed by atoms with E-state index in [0.717, 1.165) is 5.01 Å². The molecule has 0 aliphatic rings. The van der Waals surface area contributed by atoms with Gasteiger partial charge in [0.15, 0.2) is 0 Å². The van der Waals surface area contributed by atoms with Crippen LogP contribution < -0.4 is 0 Å². The molecule has 0 fully saturated rings. The fraction of sp³-hybridized carbons (Fsp3) is 0.308. The van der Waals surface area contributed by atoms with Gasteiger partial charge >= 0.3 is 0 Å². The largest absolute Gasteiger partial charge is 0.244 e. The second kappa shape index (κ2) is 3.78. The van der Waals surface area contributed by atoms with E-state index in [4.69, 9.17) is 0 Å². The first-order valence-corrected chi connectivity index (χ1v) is 5.82. The highest BCUT2D eigenvalue weighted by Crippen LogP contribution is 2.32. The molecule has 2 aromatic rings.